The van der Waals surface area contributed by atoms with Crippen LogP contribution in [-0.4, -0.2) is 11.3 Å². The van der Waals surface area contributed by atoms with Gasteiger partial charge in [-0.05, 0) is 22.0 Å². The predicted molar refractivity (Wildman–Crippen MR) is 38.9 cm³/mol. The Morgan fingerprint density at radius 3 is 2.67 bits per heavy atom. The lowest BCUT2D eigenvalue weighted by Crippen LogP contribution is -1.73. The quantitative estimate of drug-likeness (QED) is 0.706. The minimum atomic E-state index is 0.456. The molecule has 0 spiro atoms. The van der Waals surface area contributed by atoms with Gasteiger partial charge in [-0.2, -0.15) is 0 Å². The number of rotatable bonds is 1. The molecule has 0 unspecified atom stereocenters. The van der Waals surface area contributed by atoms with Crippen LogP contribution in [0.3, 0.4) is 0 Å². The van der Waals surface area contributed by atoms with Gasteiger partial charge in [0.2, 0.25) is 0 Å². The van der Waals surface area contributed by atoms with Crippen molar-refractivity contribution in [3.63, 3.8) is 0 Å². The number of halogens is 2. The molecule has 0 aliphatic rings. The third-order valence-corrected chi connectivity index (χ3v) is 2.02. The fraction of sp³-hybridized carbons (Fsp3) is 0. The molecule has 1 aromatic rings. The molecule has 0 aromatic carbocycles. The molecule has 0 aliphatic carbocycles. The van der Waals surface area contributed by atoms with Crippen LogP contribution in [-0.2, 0) is 0 Å². The van der Waals surface area contributed by atoms with Crippen molar-refractivity contribution in [3.8, 4) is 0 Å². The van der Waals surface area contributed by atoms with Gasteiger partial charge in [-0.1, -0.05) is 11.6 Å². The fourth-order valence-corrected chi connectivity index (χ4v) is 0.995. The van der Waals surface area contributed by atoms with E-state index in [-0.39, 0.29) is 0 Å². The second-order valence-electron chi connectivity index (χ2n) is 1.50. The van der Waals surface area contributed by atoms with E-state index in [4.69, 9.17) is 11.6 Å². The van der Waals surface area contributed by atoms with E-state index in [9.17, 15) is 4.79 Å². The Kier molecular flexibility index (Phi) is 1.93. The molecule has 0 amide bonds. The highest BCUT2D eigenvalue weighted by molar-refractivity contribution is 9.10. The number of nitrogens with one attached hydrogen (secondary N) is 1. The van der Waals surface area contributed by atoms with Gasteiger partial charge in [0.15, 0.2) is 6.29 Å². The maximum Gasteiger partial charge on any atom is 0.166 e. The topological polar surface area (TPSA) is 32.9 Å². The second-order valence-corrected chi connectivity index (χ2v) is 2.74. The van der Waals surface area contributed by atoms with Crippen LogP contribution in [0.5, 0.6) is 0 Å². The van der Waals surface area contributed by atoms with Gasteiger partial charge in [0.25, 0.3) is 0 Å². The van der Waals surface area contributed by atoms with Crippen LogP contribution in [0.2, 0.25) is 5.15 Å². The SMILES string of the molecule is O=Cc1cc(Br)c(Cl)[nH]1. The van der Waals surface area contributed by atoms with Crippen LogP contribution in [0.1, 0.15) is 10.5 Å². The molecule has 0 aliphatic heterocycles. The molecular weight excluding hydrogens is 205 g/mol. The first kappa shape index (κ1) is 6.83. The van der Waals surface area contributed by atoms with E-state index in [1.54, 1.807) is 6.07 Å². The molecule has 2 nitrogen and oxygen atoms in total. The number of carbonyl (C=O) groups is 1. The number of hydrogen-bond donors (Lipinski definition) is 1. The zero-order valence-electron chi connectivity index (χ0n) is 4.32. The summed E-state index contributed by atoms with van der Waals surface area (Å²) in [5.74, 6) is 0. The number of carbonyl (C=O) groups excluding carboxylic acids is 1. The maximum atomic E-state index is 10.1. The second kappa shape index (κ2) is 2.54. The van der Waals surface area contributed by atoms with Gasteiger partial charge < -0.3 is 4.98 Å². The van der Waals surface area contributed by atoms with Gasteiger partial charge in [-0.25, -0.2) is 0 Å². The molecule has 0 fully saturated rings. The Balaban J connectivity index is 3.11. The molecule has 1 heterocycles. The van der Waals surface area contributed by atoms with Crippen LogP contribution in [0.15, 0.2) is 10.5 Å². The Hall–Kier alpha value is -0.280. The van der Waals surface area contributed by atoms with Crippen molar-refractivity contribution in [2.24, 2.45) is 0 Å². The van der Waals surface area contributed by atoms with Gasteiger partial charge in [0.1, 0.15) is 5.15 Å². The first-order chi connectivity index (χ1) is 4.24. The Bertz CT molecular complexity index is 213. The molecule has 0 saturated heterocycles. The summed E-state index contributed by atoms with van der Waals surface area (Å²) in [5.41, 5.74) is 0.479. The van der Waals surface area contributed by atoms with E-state index in [2.05, 4.69) is 20.9 Å². The van der Waals surface area contributed by atoms with Crippen molar-refractivity contribution >= 4 is 33.8 Å². The first-order valence-electron chi connectivity index (χ1n) is 2.23. The van der Waals surface area contributed by atoms with E-state index >= 15 is 0 Å². The summed E-state index contributed by atoms with van der Waals surface area (Å²) in [6.07, 6.45) is 0.705. The minimum Gasteiger partial charge on any atom is -0.342 e. The van der Waals surface area contributed by atoms with E-state index in [1.165, 1.54) is 0 Å². The van der Waals surface area contributed by atoms with Gasteiger partial charge >= 0.3 is 0 Å². The highest BCUT2D eigenvalue weighted by atomic mass is 79.9. The molecule has 0 bridgehead atoms. The lowest BCUT2D eigenvalue weighted by atomic mass is 10.5. The Morgan fingerprint density at radius 2 is 2.44 bits per heavy atom. The monoisotopic (exact) mass is 207 g/mol. The van der Waals surface area contributed by atoms with Crippen molar-refractivity contribution in [1.82, 2.24) is 4.98 Å². The smallest absolute Gasteiger partial charge is 0.166 e. The number of H-pyrrole nitrogens is 1. The summed E-state index contributed by atoms with van der Waals surface area (Å²) >= 11 is 8.68. The van der Waals surface area contributed by atoms with E-state index < -0.39 is 0 Å². The molecule has 48 valence electrons. The minimum absolute atomic E-state index is 0.456. The highest BCUT2D eigenvalue weighted by Gasteiger charge is 1.99. The van der Waals surface area contributed by atoms with E-state index in [1.807, 2.05) is 0 Å². The van der Waals surface area contributed by atoms with Crippen LogP contribution in [0, 0.1) is 0 Å². The molecule has 9 heavy (non-hydrogen) atoms. The van der Waals surface area contributed by atoms with Crippen molar-refractivity contribution in [3.05, 3.63) is 21.4 Å². The molecule has 1 N–H and O–H groups in total. The first-order valence-corrected chi connectivity index (χ1v) is 3.40. The predicted octanol–water partition coefficient (Wildman–Crippen LogP) is 2.24. The fourth-order valence-electron chi connectivity index (χ4n) is 0.486. The van der Waals surface area contributed by atoms with Gasteiger partial charge in [0.05, 0.1) is 10.2 Å². The van der Waals surface area contributed by atoms with E-state index in [0.29, 0.717) is 21.6 Å². The number of hydrogen-bond acceptors (Lipinski definition) is 1. The van der Waals surface area contributed by atoms with Crippen molar-refractivity contribution in [2.75, 3.05) is 0 Å². The van der Waals surface area contributed by atoms with Crippen molar-refractivity contribution < 1.29 is 4.79 Å². The summed E-state index contributed by atoms with van der Waals surface area (Å²) in [6, 6.07) is 1.62. The van der Waals surface area contributed by atoms with E-state index in [0.717, 1.165) is 0 Å². The van der Waals surface area contributed by atoms with Crippen LogP contribution in [0.4, 0.5) is 0 Å². The third kappa shape index (κ3) is 1.34. The van der Waals surface area contributed by atoms with Crippen LogP contribution in [0.25, 0.3) is 0 Å². The van der Waals surface area contributed by atoms with Crippen molar-refractivity contribution in [2.45, 2.75) is 0 Å². The zero-order chi connectivity index (χ0) is 6.85. The molecule has 1 aromatic heterocycles. The van der Waals surface area contributed by atoms with Crippen LogP contribution < -0.4 is 0 Å². The summed E-state index contributed by atoms with van der Waals surface area (Å²) in [6.45, 7) is 0. The normalized spacial score (nSPS) is 9.56. The highest BCUT2D eigenvalue weighted by Crippen LogP contribution is 2.21. The standard InChI is InChI=1S/C5H3BrClNO/c6-4-1-3(2-9)8-5(4)7/h1-2,8H. The van der Waals surface area contributed by atoms with Crippen LogP contribution >= 0.6 is 27.5 Å². The summed E-state index contributed by atoms with van der Waals surface area (Å²) in [4.78, 5) is 12.7. The lowest BCUT2D eigenvalue weighted by molar-refractivity contribution is 0.111. The lowest BCUT2D eigenvalue weighted by Gasteiger charge is -1.77. The number of aldehydes is 1. The van der Waals surface area contributed by atoms with Gasteiger partial charge in [-0.15, -0.1) is 0 Å². The largest absolute Gasteiger partial charge is 0.342 e. The maximum absolute atomic E-state index is 10.1. The summed E-state index contributed by atoms with van der Waals surface area (Å²) in [5, 5.41) is 0.456. The third-order valence-electron chi connectivity index (χ3n) is 0.873. The number of aromatic nitrogens is 1. The molecule has 0 atom stereocenters. The summed E-state index contributed by atoms with van der Waals surface area (Å²) < 4.78 is 0.714. The molecule has 0 radical (unpaired) electrons. The Labute approximate surface area is 65.3 Å². The molecule has 0 saturated carbocycles. The zero-order valence-corrected chi connectivity index (χ0v) is 6.66. The average molecular weight is 208 g/mol. The van der Waals surface area contributed by atoms with Gasteiger partial charge in [-0.3, -0.25) is 4.79 Å². The molecule has 1 rings (SSSR count). The summed E-state index contributed by atoms with van der Waals surface area (Å²) in [7, 11) is 0. The molecule has 4 heteroatoms. The van der Waals surface area contributed by atoms with Gasteiger partial charge in [0, 0.05) is 0 Å². The molecular formula is C5H3BrClNO. The number of aromatic amines is 1. The average Bonchev–Trinajstić information content (AvgIpc) is 2.13. The Morgan fingerprint density at radius 1 is 1.78 bits per heavy atom. The van der Waals surface area contributed by atoms with Crippen molar-refractivity contribution in [1.29, 1.82) is 0 Å².